The number of halogens is 3. The number of carbonyl (C=O) groups excluding carboxylic acids is 1. The lowest BCUT2D eigenvalue weighted by Crippen LogP contribution is -2.48. The number of aliphatic hydroxyl groups is 1. The van der Waals surface area contributed by atoms with Crippen LogP contribution in [0.25, 0.3) is 0 Å². The van der Waals surface area contributed by atoms with Crippen LogP contribution in [0.1, 0.15) is 33.9 Å². The number of para-hydroxylation sites is 1. The summed E-state index contributed by atoms with van der Waals surface area (Å²) in [6, 6.07) is 6.47. The highest BCUT2D eigenvalue weighted by molar-refractivity contribution is 7.52. The second-order valence-corrected chi connectivity index (χ2v) is 11.1. The van der Waals surface area contributed by atoms with Crippen molar-refractivity contribution in [1.82, 2.24) is 14.6 Å². The summed E-state index contributed by atoms with van der Waals surface area (Å²) in [6.07, 6.45) is -4.19. The van der Waals surface area contributed by atoms with Crippen molar-refractivity contribution < 1.29 is 46.2 Å². The van der Waals surface area contributed by atoms with Gasteiger partial charge in [0.25, 0.3) is 0 Å². The first kappa shape index (κ1) is 30.6. The number of alkyl halides is 2. The smallest absolute Gasteiger partial charge is 0.459 e. The molecule has 0 bridgehead atoms. The number of benzene rings is 1. The third-order valence-electron chi connectivity index (χ3n) is 6.01. The number of esters is 1. The molecule has 0 aliphatic carbocycles. The topological polar surface area (TPSA) is 164 Å². The van der Waals surface area contributed by atoms with Gasteiger partial charge in [-0.1, -0.05) is 18.2 Å². The Balaban J connectivity index is 1.90. The second-order valence-electron chi connectivity index (χ2n) is 9.37. The summed E-state index contributed by atoms with van der Waals surface area (Å²) in [7, 11) is -4.49. The Bertz CT molecular complexity index is 1280. The van der Waals surface area contributed by atoms with Crippen LogP contribution in [0.3, 0.4) is 0 Å². The van der Waals surface area contributed by atoms with Crippen LogP contribution in [0.4, 0.5) is 19.0 Å². The van der Waals surface area contributed by atoms with Crippen molar-refractivity contribution >= 4 is 19.5 Å². The van der Waals surface area contributed by atoms with E-state index in [-0.39, 0.29) is 10.3 Å². The number of ether oxygens (including phenoxy) is 2. The van der Waals surface area contributed by atoms with E-state index in [2.05, 4.69) is 10.1 Å². The molecule has 0 spiro atoms. The zero-order valence-electron chi connectivity index (χ0n) is 21.5. The van der Waals surface area contributed by atoms with Crippen molar-refractivity contribution in [2.75, 3.05) is 18.9 Å². The maximum absolute atomic E-state index is 15.6. The number of nitrogens with zero attached hydrogens (tertiary/aromatic N) is 2. The minimum absolute atomic E-state index is 0.0632. The van der Waals surface area contributed by atoms with Crippen LogP contribution in [0, 0.1) is 11.2 Å². The van der Waals surface area contributed by atoms with E-state index in [9.17, 15) is 23.7 Å². The molecule has 39 heavy (non-hydrogen) atoms. The lowest BCUT2D eigenvalue weighted by molar-refractivity contribution is -0.155. The van der Waals surface area contributed by atoms with Crippen molar-refractivity contribution in [3.63, 3.8) is 0 Å². The van der Waals surface area contributed by atoms with E-state index >= 15 is 8.78 Å². The largest absolute Gasteiger partial charge is 0.462 e. The number of aromatic nitrogens is 2. The highest BCUT2D eigenvalue weighted by Crippen LogP contribution is 2.56. The van der Waals surface area contributed by atoms with Crippen LogP contribution < -0.4 is 21.0 Å². The normalized spacial score (nSPS) is 24.7. The van der Waals surface area contributed by atoms with Crippen molar-refractivity contribution in [3.05, 3.63) is 52.8 Å². The molecule has 3 rings (SSSR count). The van der Waals surface area contributed by atoms with E-state index in [1.54, 1.807) is 32.0 Å². The van der Waals surface area contributed by atoms with Gasteiger partial charge < -0.3 is 24.8 Å². The average molecular weight is 578 g/mol. The Morgan fingerprint density at radius 2 is 1.95 bits per heavy atom. The Kier molecular flexibility index (Phi) is 9.13. The Morgan fingerprint density at radius 3 is 2.54 bits per heavy atom. The van der Waals surface area contributed by atoms with Gasteiger partial charge in [0.1, 0.15) is 11.8 Å². The maximum atomic E-state index is 15.6. The first-order valence-corrected chi connectivity index (χ1v) is 13.3. The summed E-state index contributed by atoms with van der Waals surface area (Å²) in [5.41, 5.74) is 1.51. The standard InChI is InChI=1S/C23H30F3N4O8P/c1-13(2)36-19(32)14(3)29-39(34,38-15-8-6-5-7-9-15)35-11-17-22(4,12-31)23(25,26)20(37-17)30-10-16(24)18(27)28-21(30)33/h5-10,13-14,17,20,31H,11-12H2,1-4H3,(H,29,34)(H2,27,28,33)/t14-,17+,20+,22?,39?/m0/s1. The van der Waals surface area contributed by atoms with E-state index in [1.807, 2.05) is 0 Å². The van der Waals surface area contributed by atoms with E-state index < -0.39 is 80.1 Å². The summed E-state index contributed by atoms with van der Waals surface area (Å²) in [6.45, 7) is 3.46. The molecule has 1 aromatic heterocycles. The molecule has 1 aliphatic heterocycles. The molecule has 1 fully saturated rings. The van der Waals surface area contributed by atoms with Crippen molar-refractivity contribution in [3.8, 4) is 5.75 Å². The third kappa shape index (κ3) is 6.44. The van der Waals surface area contributed by atoms with Gasteiger partial charge in [-0.05, 0) is 39.8 Å². The Morgan fingerprint density at radius 1 is 1.31 bits per heavy atom. The summed E-state index contributed by atoms with van der Waals surface area (Å²) < 4.78 is 80.4. The Labute approximate surface area is 221 Å². The molecule has 0 saturated carbocycles. The SMILES string of the molecule is CC(C)OC(=O)[C@H](C)NP(=O)(OC[C@H]1O[C@@H](n2cc(F)c(N)nc2=O)C(F)(F)C1(C)CO)Oc1ccccc1. The van der Waals surface area contributed by atoms with E-state index in [0.717, 1.165) is 6.92 Å². The molecule has 0 amide bonds. The molecule has 12 nitrogen and oxygen atoms in total. The van der Waals surface area contributed by atoms with Crippen LogP contribution in [0.5, 0.6) is 5.75 Å². The summed E-state index contributed by atoms with van der Waals surface area (Å²) in [5, 5.41) is 12.3. The van der Waals surface area contributed by atoms with Crippen LogP contribution >= 0.6 is 7.75 Å². The minimum Gasteiger partial charge on any atom is -0.462 e. The summed E-state index contributed by atoms with van der Waals surface area (Å²) in [4.78, 5) is 27.7. The molecule has 1 aromatic carbocycles. The van der Waals surface area contributed by atoms with Crippen LogP contribution in [0.2, 0.25) is 0 Å². The molecular formula is C23H30F3N4O8P. The first-order valence-electron chi connectivity index (χ1n) is 11.8. The number of rotatable bonds is 11. The van der Waals surface area contributed by atoms with Gasteiger partial charge in [0, 0.05) is 0 Å². The van der Waals surface area contributed by atoms with Crippen LogP contribution in [-0.2, 0) is 23.4 Å². The van der Waals surface area contributed by atoms with Gasteiger partial charge in [-0.15, -0.1) is 0 Å². The van der Waals surface area contributed by atoms with Crippen molar-refractivity contribution in [2.45, 2.75) is 58.1 Å². The predicted molar refractivity (Wildman–Crippen MR) is 131 cm³/mol. The van der Waals surface area contributed by atoms with Gasteiger partial charge in [0.2, 0.25) is 6.23 Å². The van der Waals surface area contributed by atoms with Crippen LogP contribution in [-0.4, -0.2) is 58.0 Å². The first-order chi connectivity index (χ1) is 18.1. The van der Waals surface area contributed by atoms with E-state index in [1.165, 1.54) is 19.1 Å². The van der Waals surface area contributed by atoms with Crippen molar-refractivity contribution in [2.24, 2.45) is 5.41 Å². The number of hydrogen-bond acceptors (Lipinski definition) is 10. The fourth-order valence-corrected chi connectivity index (χ4v) is 5.18. The molecule has 2 unspecified atom stereocenters. The number of aliphatic hydroxyl groups excluding tert-OH is 1. The predicted octanol–water partition coefficient (Wildman–Crippen LogP) is 2.63. The van der Waals surface area contributed by atoms with E-state index in [0.29, 0.717) is 6.20 Å². The summed E-state index contributed by atoms with van der Waals surface area (Å²) >= 11 is 0. The average Bonchev–Trinajstić information content (AvgIpc) is 3.05. The minimum atomic E-state index is -4.49. The van der Waals surface area contributed by atoms with E-state index in [4.69, 9.17) is 24.3 Å². The molecule has 1 saturated heterocycles. The monoisotopic (exact) mass is 578 g/mol. The highest BCUT2D eigenvalue weighted by Gasteiger charge is 2.68. The molecule has 5 atom stereocenters. The number of nitrogens with two attached hydrogens (primary N) is 1. The van der Waals surface area contributed by atoms with Gasteiger partial charge in [0.05, 0.1) is 37.0 Å². The number of anilines is 1. The van der Waals surface area contributed by atoms with Gasteiger partial charge in [-0.3, -0.25) is 13.9 Å². The fourth-order valence-electron chi connectivity index (χ4n) is 3.68. The molecule has 216 valence electrons. The Hall–Kier alpha value is -2.97. The molecule has 2 heterocycles. The lowest BCUT2D eigenvalue weighted by Gasteiger charge is -2.33. The fraction of sp³-hybridized carbons (Fsp3) is 0.522. The number of carbonyl (C=O) groups is 1. The van der Waals surface area contributed by atoms with Gasteiger partial charge in [0.15, 0.2) is 11.6 Å². The maximum Gasteiger partial charge on any atom is 0.459 e. The molecule has 1 aliphatic rings. The number of nitrogens with one attached hydrogen (secondary N) is 1. The zero-order chi connectivity index (χ0) is 29.2. The molecule has 4 N–H and O–H groups in total. The quantitative estimate of drug-likeness (QED) is 0.265. The molecule has 16 heteroatoms. The molecular weight excluding hydrogens is 548 g/mol. The lowest BCUT2D eigenvalue weighted by atomic mass is 9.80. The second kappa shape index (κ2) is 11.6. The zero-order valence-corrected chi connectivity index (χ0v) is 22.4. The number of hydrogen-bond donors (Lipinski definition) is 3. The van der Waals surface area contributed by atoms with Gasteiger partial charge in [-0.2, -0.15) is 10.1 Å². The third-order valence-corrected chi connectivity index (χ3v) is 7.66. The van der Waals surface area contributed by atoms with Gasteiger partial charge in [-0.25, -0.2) is 22.5 Å². The summed E-state index contributed by atoms with van der Waals surface area (Å²) in [5.74, 6) is -6.74. The number of nitrogen functional groups attached to an aromatic ring is 1. The van der Waals surface area contributed by atoms with Crippen LogP contribution in [0.15, 0.2) is 41.3 Å². The molecule has 0 radical (unpaired) electrons. The molecule has 2 aromatic rings. The van der Waals surface area contributed by atoms with Gasteiger partial charge >= 0.3 is 25.3 Å². The highest BCUT2D eigenvalue weighted by atomic mass is 31.2. The van der Waals surface area contributed by atoms with Crippen molar-refractivity contribution in [1.29, 1.82) is 0 Å².